The summed E-state index contributed by atoms with van der Waals surface area (Å²) < 4.78 is 11.0. The third kappa shape index (κ3) is 6.31. The zero-order valence-electron chi connectivity index (χ0n) is 24.6. The maximum atomic E-state index is 13.7. The highest BCUT2D eigenvalue weighted by atomic mass is 32.2. The lowest BCUT2D eigenvalue weighted by Gasteiger charge is -2.38. The second-order valence-corrected chi connectivity index (χ2v) is 11.7. The Morgan fingerprint density at radius 3 is 2.45 bits per heavy atom. The van der Waals surface area contributed by atoms with Gasteiger partial charge in [0, 0.05) is 18.8 Å². The monoisotopic (exact) mass is 587 g/mol. The Bertz CT molecular complexity index is 1460. The standard InChI is InChI=1S/C33H37N3O5S/c1-5-40-31(38)25-13-15-35(16-14-25)28(37)18-26-20-42-33-34-23(4)29(32(39)41-19-24-9-7-6-8-10-24)30(36(26)33)27-17-21(2)11-12-22(27)3/h6-12,17,20,25,30H,5,13-16,18-19H2,1-4H3. The van der Waals surface area contributed by atoms with Crippen LogP contribution in [0.15, 0.2) is 75.9 Å². The average molecular weight is 588 g/mol. The second kappa shape index (κ2) is 13.0. The van der Waals surface area contributed by atoms with Crippen LogP contribution in [-0.4, -0.2) is 52.5 Å². The van der Waals surface area contributed by atoms with Crippen molar-refractivity contribution in [2.45, 2.75) is 59.6 Å². The molecule has 1 amide bonds. The highest BCUT2D eigenvalue weighted by molar-refractivity contribution is 8.16. The third-order valence-corrected chi connectivity index (χ3v) is 8.85. The van der Waals surface area contributed by atoms with E-state index in [-0.39, 0.29) is 30.8 Å². The number of aliphatic imine (C=N–C) groups is 1. The lowest BCUT2D eigenvalue weighted by molar-refractivity contribution is -0.151. The fraction of sp³-hybridized carbons (Fsp3) is 0.394. The highest BCUT2D eigenvalue weighted by Crippen LogP contribution is 2.46. The van der Waals surface area contributed by atoms with Gasteiger partial charge < -0.3 is 19.3 Å². The maximum Gasteiger partial charge on any atom is 0.338 e. The first-order valence-electron chi connectivity index (χ1n) is 14.4. The van der Waals surface area contributed by atoms with Gasteiger partial charge in [0.2, 0.25) is 5.91 Å². The molecular weight excluding hydrogens is 550 g/mol. The quantitative estimate of drug-likeness (QED) is 0.360. The fourth-order valence-corrected chi connectivity index (χ4v) is 6.64. The van der Waals surface area contributed by atoms with E-state index >= 15 is 0 Å². The number of thioether (sulfide) groups is 1. The molecule has 5 rings (SSSR count). The van der Waals surface area contributed by atoms with E-state index in [2.05, 4.69) is 18.2 Å². The van der Waals surface area contributed by atoms with Crippen LogP contribution in [0.25, 0.3) is 0 Å². The molecule has 0 spiro atoms. The predicted molar refractivity (Wildman–Crippen MR) is 163 cm³/mol. The number of esters is 2. The molecule has 2 aromatic carbocycles. The van der Waals surface area contributed by atoms with Gasteiger partial charge in [-0.2, -0.15) is 0 Å². The Morgan fingerprint density at radius 1 is 1.00 bits per heavy atom. The first-order valence-corrected chi connectivity index (χ1v) is 15.3. The molecule has 1 saturated heterocycles. The molecule has 8 nitrogen and oxygen atoms in total. The van der Waals surface area contributed by atoms with Gasteiger partial charge in [-0.05, 0) is 62.6 Å². The zero-order chi connectivity index (χ0) is 29.8. The number of carbonyl (C=O) groups excluding carboxylic acids is 3. The first-order chi connectivity index (χ1) is 20.3. The average Bonchev–Trinajstić information content (AvgIpc) is 3.38. The number of rotatable bonds is 8. The molecule has 0 aromatic heterocycles. The molecule has 2 aromatic rings. The van der Waals surface area contributed by atoms with E-state index in [1.807, 2.05) is 66.3 Å². The molecule has 3 heterocycles. The molecule has 220 valence electrons. The van der Waals surface area contributed by atoms with Crippen LogP contribution in [0.5, 0.6) is 0 Å². The number of amidine groups is 1. The first kappa shape index (κ1) is 29.6. The number of likely N-dealkylation sites (tertiary alicyclic amines) is 1. The molecule has 9 heteroatoms. The van der Waals surface area contributed by atoms with Gasteiger partial charge in [0.15, 0.2) is 5.17 Å². The molecule has 0 bridgehead atoms. The third-order valence-electron chi connectivity index (χ3n) is 7.96. The molecule has 3 aliphatic rings. The summed E-state index contributed by atoms with van der Waals surface area (Å²) in [6.45, 7) is 9.26. The molecule has 3 aliphatic heterocycles. The van der Waals surface area contributed by atoms with Crippen LogP contribution >= 0.6 is 11.8 Å². The number of fused-ring (bicyclic) bond motifs is 1. The number of amides is 1. The number of piperidine rings is 1. The van der Waals surface area contributed by atoms with E-state index < -0.39 is 12.0 Å². The Labute approximate surface area is 251 Å². The number of hydrogen-bond acceptors (Lipinski definition) is 8. The van der Waals surface area contributed by atoms with Crippen LogP contribution in [0, 0.1) is 19.8 Å². The fourth-order valence-electron chi connectivity index (χ4n) is 5.67. The summed E-state index contributed by atoms with van der Waals surface area (Å²) >= 11 is 1.46. The molecule has 1 fully saturated rings. The number of ether oxygens (including phenoxy) is 2. The number of nitrogens with zero attached hydrogens (tertiary/aromatic N) is 3. The highest BCUT2D eigenvalue weighted by Gasteiger charge is 2.42. The van der Waals surface area contributed by atoms with Crippen molar-refractivity contribution in [1.29, 1.82) is 0 Å². The smallest absolute Gasteiger partial charge is 0.338 e. The summed E-state index contributed by atoms with van der Waals surface area (Å²) in [4.78, 5) is 48.1. The van der Waals surface area contributed by atoms with Crippen LogP contribution in [0.1, 0.15) is 61.4 Å². The Kier molecular flexibility index (Phi) is 9.16. The molecule has 0 radical (unpaired) electrons. The van der Waals surface area contributed by atoms with Gasteiger partial charge in [-0.15, -0.1) is 0 Å². The maximum absolute atomic E-state index is 13.7. The van der Waals surface area contributed by atoms with E-state index in [0.29, 0.717) is 43.8 Å². The van der Waals surface area contributed by atoms with Gasteiger partial charge in [-0.3, -0.25) is 9.59 Å². The molecule has 0 aliphatic carbocycles. The van der Waals surface area contributed by atoms with Crippen molar-refractivity contribution in [2.24, 2.45) is 10.9 Å². The van der Waals surface area contributed by atoms with Gasteiger partial charge in [0.1, 0.15) is 6.61 Å². The van der Waals surface area contributed by atoms with Crippen LogP contribution < -0.4 is 0 Å². The molecule has 42 heavy (non-hydrogen) atoms. The number of allylic oxidation sites excluding steroid dienone is 1. The second-order valence-electron chi connectivity index (χ2n) is 10.9. The van der Waals surface area contributed by atoms with Crippen molar-refractivity contribution in [1.82, 2.24) is 9.80 Å². The Morgan fingerprint density at radius 2 is 1.74 bits per heavy atom. The van der Waals surface area contributed by atoms with Crippen molar-refractivity contribution >= 4 is 34.8 Å². The van der Waals surface area contributed by atoms with Crippen molar-refractivity contribution in [2.75, 3.05) is 19.7 Å². The van der Waals surface area contributed by atoms with Gasteiger partial charge in [-0.1, -0.05) is 65.9 Å². The minimum Gasteiger partial charge on any atom is -0.466 e. The zero-order valence-corrected chi connectivity index (χ0v) is 25.4. The molecule has 0 N–H and O–H groups in total. The number of benzene rings is 2. The van der Waals surface area contributed by atoms with Crippen LogP contribution in [0.2, 0.25) is 0 Å². The largest absolute Gasteiger partial charge is 0.466 e. The predicted octanol–water partition coefficient (Wildman–Crippen LogP) is 5.81. The SMILES string of the molecule is CCOC(=O)C1CCN(C(=O)CC2=CSC3=NC(C)=C(C(=O)OCc4ccccc4)C(c4cc(C)ccc4C)N23)CC1. The summed E-state index contributed by atoms with van der Waals surface area (Å²) in [6, 6.07) is 15.3. The summed E-state index contributed by atoms with van der Waals surface area (Å²) in [5.74, 6) is -0.778. The van der Waals surface area contributed by atoms with E-state index in [4.69, 9.17) is 14.5 Å². The van der Waals surface area contributed by atoms with Gasteiger partial charge in [0.05, 0.1) is 36.3 Å². The summed E-state index contributed by atoms with van der Waals surface area (Å²) in [5, 5.41) is 2.70. The minimum absolute atomic E-state index is 0.00963. The van der Waals surface area contributed by atoms with E-state index in [1.54, 1.807) is 6.92 Å². The molecule has 1 unspecified atom stereocenters. The minimum atomic E-state index is -0.482. The van der Waals surface area contributed by atoms with Gasteiger partial charge in [-0.25, -0.2) is 9.79 Å². The topological polar surface area (TPSA) is 88.5 Å². The van der Waals surface area contributed by atoms with Crippen LogP contribution in [0.3, 0.4) is 0 Å². The molecular formula is C33H37N3O5S. The van der Waals surface area contributed by atoms with E-state index in [9.17, 15) is 14.4 Å². The number of carbonyl (C=O) groups is 3. The summed E-state index contributed by atoms with van der Waals surface area (Å²) in [5.41, 5.74) is 5.87. The lowest BCUT2D eigenvalue weighted by atomic mass is 9.90. The van der Waals surface area contributed by atoms with Crippen molar-refractivity contribution in [3.63, 3.8) is 0 Å². The van der Waals surface area contributed by atoms with Gasteiger partial charge in [0.25, 0.3) is 0 Å². The van der Waals surface area contributed by atoms with Crippen LogP contribution in [-0.2, 0) is 30.5 Å². The van der Waals surface area contributed by atoms with Gasteiger partial charge >= 0.3 is 11.9 Å². The molecule has 1 atom stereocenters. The Hall–Kier alpha value is -3.85. The van der Waals surface area contributed by atoms with E-state index in [1.165, 1.54) is 11.8 Å². The lowest BCUT2D eigenvalue weighted by Crippen LogP contribution is -2.42. The van der Waals surface area contributed by atoms with Crippen molar-refractivity contribution in [3.8, 4) is 0 Å². The molecule has 0 saturated carbocycles. The van der Waals surface area contributed by atoms with E-state index in [0.717, 1.165) is 33.1 Å². The van der Waals surface area contributed by atoms with Crippen molar-refractivity contribution in [3.05, 3.63) is 93.2 Å². The van der Waals surface area contributed by atoms with Crippen molar-refractivity contribution < 1.29 is 23.9 Å². The number of hydrogen-bond donors (Lipinski definition) is 0. The Balaban J connectivity index is 1.39. The number of aryl methyl sites for hydroxylation is 2. The summed E-state index contributed by atoms with van der Waals surface area (Å²) in [7, 11) is 0. The van der Waals surface area contributed by atoms with Crippen LogP contribution in [0.4, 0.5) is 0 Å². The summed E-state index contributed by atoms with van der Waals surface area (Å²) in [6.07, 6.45) is 1.36. The normalized spacial score (nSPS) is 18.8.